The van der Waals surface area contributed by atoms with Crippen LogP contribution in [-0.2, 0) is 4.84 Å². The zero-order valence-corrected chi connectivity index (χ0v) is 12.4. The summed E-state index contributed by atoms with van der Waals surface area (Å²) in [6, 6.07) is 5.08. The Balaban J connectivity index is 2.66. The Morgan fingerprint density at radius 3 is 2.94 bits per heavy atom. The molecule has 0 aromatic carbocycles. The van der Waals surface area contributed by atoms with Crippen LogP contribution in [0.3, 0.4) is 0 Å². The zero-order chi connectivity index (χ0) is 12.7. The van der Waals surface area contributed by atoms with Gasteiger partial charge in [-0.25, -0.2) is 0 Å². The third kappa shape index (κ3) is 4.81. The molecule has 0 spiro atoms. The van der Waals surface area contributed by atoms with Crippen molar-refractivity contribution in [1.29, 1.82) is 5.26 Å². The second-order valence-corrected chi connectivity index (χ2v) is 6.37. The van der Waals surface area contributed by atoms with Crippen molar-refractivity contribution in [2.24, 2.45) is 5.16 Å². The lowest BCUT2D eigenvalue weighted by Gasteiger charge is -1.95. The summed E-state index contributed by atoms with van der Waals surface area (Å²) >= 11 is 7.53. The number of hydrogen-bond acceptors (Lipinski definition) is 5. The first-order chi connectivity index (χ1) is 8.15. The Hall–Kier alpha value is -0.970. The lowest BCUT2D eigenvalue weighted by molar-refractivity contribution is 0.105. The smallest absolute Gasteiger partial charge is 0.235 e. The van der Waals surface area contributed by atoms with Crippen LogP contribution in [0, 0.1) is 11.3 Å². The maximum atomic E-state index is 11.7. The van der Waals surface area contributed by atoms with Crippen molar-refractivity contribution in [3.05, 3.63) is 31.9 Å². The number of nitrogens with zero attached hydrogens (tertiary/aromatic N) is 2. The quantitative estimate of drug-likeness (QED) is 0.341. The van der Waals surface area contributed by atoms with E-state index in [2.05, 4.69) is 37.0 Å². The van der Waals surface area contributed by atoms with E-state index in [1.165, 1.54) is 11.3 Å². The van der Waals surface area contributed by atoms with Gasteiger partial charge >= 0.3 is 0 Å². The number of carbonyl (C=O) groups excluding carboxylic acids is 1. The van der Waals surface area contributed by atoms with Gasteiger partial charge in [-0.1, -0.05) is 11.2 Å². The maximum absolute atomic E-state index is 11.7. The molecule has 0 radical (unpaired) electrons. The van der Waals surface area contributed by atoms with E-state index < -0.39 is 5.78 Å². The highest BCUT2D eigenvalue weighted by molar-refractivity contribution is 9.28. The molecule has 0 aliphatic heterocycles. The van der Waals surface area contributed by atoms with Crippen LogP contribution in [0.5, 0.6) is 0 Å². The number of nitriles is 1. The molecule has 0 unspecified atom stereocenters. The monoisotopic (exact) mass is 376 g/mol. The van der Waals surface area contributed by atoms with Gasteiger partial charge in [-0.2, -0.15) is 5.26 Å². The van der Waals surface area contributed by atoms with E-state index in [0.29, 0.717) is 8.27 Å². The molecule has 1 rings (SSSR count). The molecular formula is C10H6Br2N2O2S. The SMILES string of the molecule is N#C/C(=N\OCC=C(Br)Br)C(=O)c1cccs1. The number of rotatable bonds is 5. The van der Waals surface area contributed by atoms with Gasteiger partial charge in [-0.3, -0.25) is 4.79 Å². The largest absolute Gasteiger partial charge is 0.390 e. The average Bonchev–Trinajstić information content (AvgIpc) is 2.81. The van der Waals surface area contributed by atoms with Gasteiger partial charge in [-0.15, -0.1) is 11.3 Å². The first-order valence-electron chi connectivity index (χ1n) is 4.34. The van der Waals surface area contributed by atoms with Crippen LogP contribution in [0.2, 0.25) is 0 Å². The molecule has 0 fully saturated rings. The Morgan fingerprint density at radius 1 is 1.65 bits per heavy atom. The van der Waals surface area contributed by atoms with Crippen LogP contribution in [0.4, 0.5) is 0 Å². The molecule has 0 atom stereocenters. The second-order valence-electron chi connectivity index (χ2n) is 2.65. The first-order valence-corrected chi connectivity index (χ1v) is 6.81. The lowest BCUT2D eigenvalue weighted by atomic mass is 10.2. The van der Waals surface area contributed by atoms with Crippen LogP contribution in [0.25, 0.3) is 0 Å². The topological polar surface area (TPSA) is 62.4 Å². The van der Waals surface area contributed by atoms with Crippen LogP contribution in [0.15, 0.2) is 32.1 Å². The van der Waals surface area contributed by atoms with E-state index in [-0.39, 0.29) is 12.3 Å². The van der Waals surface area contributed by atoms with Gasteiger partial charge in [0, 0.05) is 0 Å². The molecule has 0 saturated heterocycles. The zero-order valence-electron chi connectivity index (χ0n) is 8.39. The fourth-order valence-electron chi connectivity index (χ4n) is 0.839. The fourth-order valence-corrected chi connectivity index (χ4v) is 1.77. The van der Waals surface area contributed by atoms with Crippen molar-refractivity contribution in [1.82, 2.24) is 0 Å². The number of thiophene rings is 1. The minimum atomic E-state index is -0.426. The molecule has 0 saturated carbocycles. The summed E-state index contributed by atoms with van der Waals surface area (Å²) in [6.45, 7) is 0.161. The van der Waals surface area contributed by atoms with E-state index in [0.717, 1.165) is 0 Å². The summed E-state index contributed by atoms with van der Waals surface area (Å²) < 4.78 is 0.711. The van der Waals surface area contributed by atoms with Crippen molar-refractivity contribution in [2.75, 3.05) is 6.61 Å². The molecule has 17 heavy (non-hydrogen) atoms. The van der Waals surface area contributed by atoms with Gasteiger partial charge < -0.3 is 4.84 Å². The van der Waals surface area contributed by atoms with Crippen molar-refractivity contribution in [3.8, 4) is 6.07 Å². The molecule has 0 N–H and O–H groups in total. The van der Waals surface area contributed by atoms with Crippen LogP contribution >= 0.6 is 43.2 Å². The van der Waals surface area contributed by atoms with Crippen LogP contribution in [0.1, 0.15) is 9.67 Å². The van der Waals surface area contributed by atoms with Crippen molar-refractivity contribution >= 4 is 54.7 Å². The van der Waals surface area contributed by atoms with Gasteiger partial charge in [0.25, 0.3) is 0 Å². The van der Waals surface area contributed by atoms with Crippen molar-refractivity contribution < 1.29 is 9.63 Å². The number of Topliss-reactive ketones (excluding diaryl/α,β-unsaturated/α-hetero) is 1. The molecule has 4 nitrogen and oxygen atoms in total. The number of oxime groups is 1. The molecule has 88 valence electrons. The third-order valence-corrected chi connectivity index (χ3v) is 3.05. The molecule has 1 aromatic rings. The highest BCUT2D eigenvalue weighted by Gasteiger charge is 2.15. The van der Waals surface area contributed by atoms with Gasteiger partial charge in [-0.05, 0) is 49.4 Å². The highest BCUT2D eigenvalue weighted by atomic mass is 79.9. The van der Waals surface area contributed by atoms with Gasteiger partial charge in [0.15, 0.2) is 0 Å². The van der Waals surface area contributed by atoms with Crippen LogP contribution < -0.4 is 0 Å². The summed E-state index contributed by atoms with van der Waals surface area (Å²) in [5.41, 5.74) is -0.258. The predicted octanol–water partition coefficient (Wildman–Crippen LogP) is 3.46. The molecule has 0 bridgehead atoms. The molecule has 0 aliphatic rings. The van der Waals surface area contributed by atoms with E-state index >= 15 is 0 Å². The molecular weight excluding hydrogens is 372 g/mol. The van der Waals surface area contributed by atoms with Crippen molar-refractivity contribution in [3.63, 3.8) is 0 Å². The molecule has 0 aliphatic carbocycles. The standard InChI is InChI=1S/C10H6Br2N2O2S/c11-9(12)3-4-16-14-7(6-13)10(15)8-2-1-5-17-8/h1-3,5H,4H2/b14-7+. The van der Waals surface area contributed by atoms with E-state index in [4.69, 9.17) is 10.1 Å². The summed E-state index contributed by atoms with van der Waals surface area (Å²) in [6.07, 6.45) is 1.65. The van der Waals surface area contributed by atoms with Crippen LogP contribution in [-0.4, -0.2) is 18.1 Å². The molecule has 1 heterocycles. The van der Waals surface area contributed by atoms with Gasteiger partial charge in [0.05, 0.1) is 8.27 Å². The molecule has 1 aromatic heterocycles. The van der Waals surface area contributed by atoms with Crippen molar-refractivity contribution in [2.45, 2.75) is 0 Å². The van der Waals surface area contributed by atoms with Gasteiger partial charge in [0.1, 0.15) is 12.7 Å². The summed E-state index contributed by atoms with van der Waals surface area (Å²) in [5.74, 6) is -0.426. The maximum Gasteiger partial charge on any atom is 0.235 e. The second kappa shape index (κ2) is 7.37. The highest BCUT2D eigenvalue weighted by Crippen LogP contribution is 2.12. The average molecular weight is 378 g/mol. The number of carbonyl (C=O) groups is 1. The Bertz CT molecular complexity index is 485. The number of hydrogen-bond donors (Lipinski definition) is 0. The van der Waals surface area contributed by atoms with E-state index in [9.17, 15) is 4.79 Å². The Kier molecular flexibility index (Phi) is 6.11. The molecule has 7 heteroatoms. The summed E-state index contributed by atoms with van der Waals surface area (Å²) in [4.78, 5) is 17.0. The van der Waals surface area contributed by atoms with E-state index in [1.54, 1.807) is 29.7 Å². The third-order valence-electron chi connectivity index (χ3n) is 1.53. The summed E-state index contributed by atoms with van der Waals surface area (Å²) in [5, 5.41) is 14.0. The first kappa shape index (κ1) is 14.1. The summed E-state index contributed by atoms with van der Waals surface area (Å²) in [7, 11) is 0. The minimum Gasteiger partial charge on any atom is -0.390 e. The van der Waals surface area contributed by atoms with Gasteiger partial charge in [0.2, 0.25) is 11.5 Å². The number of halogens is 2. The van der Waals surface area contributed by atoms with E-state index in [1.807, 2.05) is 0 Å². The Labute approximate surface area is 119 Å². The predicted molar refractivity (Wildman–Crippen MR) is 73.6 cm³/mol. The normalized spacial score (nSPS) is 10.5. The minimum absolute atomic E-state index is 0.161. The lowest BCUT2D eigenvalue weighted by Crippen LogP contribution is -2.11. The fraction of sp³-hybridized carbons (Fsp3) is 0.100. The molecule has 0 amide bonds. The Morgan fingerprint density at radius 2 is 2.41 bits per heavy atom. The number of ketones is 1.